The maximum atomic E-state index is 12.5. The number of rotatable bonds is 3. The molecule has 122 valence electrons. The normalized spacial score (nSPS) is 25.8. The van der Waals surface area contributed by atoms with Gasteiger partial charge in [0.2, 0.25) is 5.91 Å². The first-order valence-electron chi connectivity index (χ1n) is 7.65. The molecule has 0 heterocycles. The van der Waals surface area contributed by atoms with Crippen LogP contribution in [0, 0.1) is 5.92 Å². The molecule has 2 rings (SSSR count). The van der Waals surface area contributed by atoms with Crippen LogP contribution in [0.3, 0.4) is 0 Å². The van der Waals surface area contributed by atoms with Crippen molar-refractivity contribution in [2.24, 2.45) is 5.92 Å². The van der Waals surface area contributed by atoms with Crippen LogP contribution >= 0.6 is 0 Å². The minimum Gasteiger partial charge on any atom is -0.351 e. The molecule has 1 amide bonds. The summed E-state index contributed by atoms with van der Waals surface area (Å²) in [6.45, 7) is 4.26. The van der Waals surface area contributed by atoms with Gasteiger partial charge in [-0.05, 0) is 56.2 Å². The van der Waals surface area contributed by atoms with Crippen molar-refractivity contribution in [1.82, 2.24) is 5.32 Å². The van der Waals surface area contributed by atoms with Crippen molar-refractivity contribution in [3.63, 3.8) is 0 Å². The summed E-state index contributed by atoms with van der Waals surface area (Å²) >= 11 is 0. The Hall–Kier alpha value is -1.52. The average molecular weight is 313 g/mol. The Labute approximate surface area is 129 Å². The molecule has 2 nitrogen and oxygen atoms in total. The fourth-order valence-electron chi connectivity index (χ4n) is 2.90. The third-order valence-corrected chi connectivity index (χ3v) is 4.46. The van der Waals surface area contributed by atoms with Gasteiger partial charge in [-0.1, -0.05) is 19.1 Å². The number of alkyl halides is 3. The van der Waals surface area contributed by atoms with E-state index in [9.17, 15) is 18.0 Å². The summed E-state index contributed by atoms with van der Waals surface area (Å²) in [6, 6.07) is 4.78. The van der Waals surface area contributed by atoms with Crippen LogP contribution in [0.25, 0.3) is 0 Å². The highest BCUT2D eigenvalue weighted by Crippen LogP contribution is 2.32. The fourth-order valence-corrected chi connectivity index (χ4v) is 2.90. The van der Waals surface area contributed by atoms with Crippen molar-refractivity contribution in [3.8, 4) is 0 Å². The van der Waals surface area contributed by atoms with E-state index in [0.29, 0.717) is 11.5 Å². The first kappa shape index (κ1) is 16.8. The number of halogens is 3. The molecule has 1 aliphatic carbocycles. The smallest absolute Gasteiger partial charge is 0.351 e. The SMILES string of the molecule is CC1CCC(C)(NC(=O)Cc2ccc(C(F)(F)F)cc2)CC1. The second-order valence-corrected chi connectivity index (χ2v) is 6.66. The lowest BCUT2D eigenvalue weighted by Gasteiger charge is -2.37. The molecule has 0 spiro atoms. The average Bonchev–Trinajstić information content (AvgIpc) is 2.42. The summed E-state index contributed by atoms with van der Waals surface area (Å²) < 4.78 is 37.5. The molecule has 1 aliphatic rings. The molecular weight excluding hydrogens is 291 g/mol. The van der Waals surface area contributed by atoms with Gasteiger partial charge in [0.05, 0.1) is 12.0 Å². The van der Waals surface area contributed by atoms with Gasteiger partial charge < -0.3 is 5.32 Å². The van der Waals surface area contributed by atoms with Gasteiger partial charge in [0, 0.05) is 5.54 Å². The van der Waals surface area contributed by atoms with Crippen molar-refractivity contribution in [3.05, 3.63) is 35.4 Å². The molecule has 1 saturated carbocycles. The molecular formula is C17H22F3NO. The van der Waals surface area contributed by atoms with E-state index in [0.717, 1.165) is 37.8 Å². The molecule has 0 bridgehead atoms. The zero-order valence-electron chi connectivity index (χ0n) is 13.0. The molecule has 5 heteroatoms. The number of carbonyl (C=O) groups excluding carboxylic acids is 1. The summed E-state index contributed by atoms with van der Waals surface area (Å²) in [7, 11) is 0. The second kappa shape index (κ2) is 6.31. The Balaban J connectivity index is 1.92. The highest BCUT2D eigenvalue weighted by molar-refractivity contribution is 5.79. The highest BCUT2D eigenvalue weighted by Gasteiger charge is 2.31. The quantitative estimate of drug-likeness (QED) is 0.884. The lowest BCUT2D eigenvalue weighted by molar-refractivity contribution is -0.137. The number of benzene rings is 1. The van der Waals surface area contributed by atoms with Gasteiger partial charge in [0.25, 0.3) is 0 Å². The zero-order chi connectivity index (χ0) is 16.4. The van der Waals surface area contributed by atoms with Crippen LogP contribution in [0.4, 0.5) is 13.2 Å². The molecule has 1 N–H and O–H groups in total. The van der Waals surface area contributed by atoms with Gasteiger partial charge in [0.1, 0.15) is 0 Å². The predicted molar refractivity (Wildman–Crippen MR) is 79.3 cm³/mol. The topological polar surface area (TPSA) is 29.1 Å². The van der Waals surface area contributed by atoms with Crippen LogP contribution in [0.15, 0.2) is 24.3 Å². The summed E-state index contributed by atoms with van der Waals surface area (Å²) in [5.74, 6) is 0.566. The lowest BCUT2D eigenvalue weighted by Crippen LogP contribution is -2.48. The number of hydrogen-bond acceptors (Lipinski definition) is 1. The van der Waals surface area contributed by atoms with E-state index in [2.05, 4.69) is 12.2 Å². The summed E-state index contributed by atoms with van der Waals surface area (Å²) in [5.41, 5.74) is -0.279. The minimum atomic E-state index is -4.34. The summed E-state index contributed by atoms with van der Waals surface area (Å²) in [5, 5.41) is 3.05. The molecule has 1 aromatic rings. The zero-order valence-corrected chi connectivity index (χ0v) is 13.0. The maximum absolute atomic E-state index is 12.5. The fraction of sp³-hybridized carbons (Fsp3) is 0.588. The molecule has 22 heavy (non-hydrogen) atoms. The van der Waals surface area contributed by atoms with Crippen molar-refractivity contribution < 1.29 is 18.0 Å². The highest BCUT2D eigenvalue weighted by atomic mass is 19.4. The van der Waals surface area contributed by atoms with E-state index >= 15 is 0 Å². The van der Waals surface area contributed by atoms with E-state index in [1.807, 2.05) is 6.92 Å². The van der Waals surface area contributed by atoms with E-state index in [-0.39, 0.29) is 17.9 Å². The molecule has 1 aromatic carbocycles. The van der Waals surface area contributed by atoms with Crippen LogP contribution < -0.4 is 5.32 Å². The summed E-state index contributed by atoms with van der Waals surface area (Å²) in [6.07, 6.45) is -0.135. The number of carbonyl (C=O) groups is 1. The first-order valence-corrected chi connectivity index (χ1v) is 7.65. The molecule has 0 aliphatic heterocycles. The Kier molecular flexibility index (Phi) is 4.83. The Morgan fingerprint density at radius 2 is 1.77 bits per heavy atom. The van der Waals surface area contributed by atoms with E-state index in [1.54, 1.807) is 0 Å². The van der Waals surface area contributed by atoms with Gasteiger partial charge >= 0.3 is 6.18 Å². The number of hydrogen-bond donors (Lipinski definition) is 1. The van der Waals surface area contributed by atoms with Crippen LogP contribution in [0.5, 0.6) is 0 Å². The van der Waals surface area contributed by atoms with Gasteiger partial charge in [-0.2, -0.15) is 13.2 Å². The molecule has 0 aromatic heterocycles. The number of amides is 1. The van der Waals surface area contributed by atoms with E-state index < -0.39 is 11.7 Å². The lowest BCUT2D eigenvalue weighted by atomic mass is 9.78. The monoisotopic (exact) mass is 313 g/mol. The third kappa shape index (κ3) is 4.49. The Morgan fingerprint density at radius 3 is 2.27 bits per heavy atom. The maximum Gasteiger partial charge on any atom is 0.416 e. The van der Waals surface area contributed by atoms with Crippen LogP contribution in [-0.2, 0) is 17.4 Å². The van der Waals surface area contributed by atoms with Crippen molar-refractivity contribution >= 4 is 5.91 Å². The first-order chi connectivity index (χ1) is 10.2. The molecule has 0 saturated heterocycles. The van der Waals surface area contributed by atoms with Crippen LogP contribution in [-0.4, -0.2) is 11.4 Å². The molecule has 0 radical (unpaired) electrons. The third-order valence-electron chi connectivity index (χ3n) is 4.46. The summed E-state index contributed by atoms with van der Waals surface area (Å²) in [4.78, 5) is 12.1. The largest absolute Gasteiger partial charge is 0.416 e. The van der Waals surface area contributed by atoms with E-state index in [1.165, 1.54) is 12.1 Å². The molecule has 1 fully saturated rings. The predicted octanol–water partition coefficient (Wildman–Crippen LogP) is 4.33. The van der Waals surface area contributed by atoms with Crippen molar-refractivity contribution in [2.75, 3.05) is 0 Å². The molecule has 0 unspecified atom stereocenters. The molecule has 0 atom stereocenters. The van der Waals surface area contributed by atoms with Crippen LogP contribution in [0.2, 0.25) is 0 Å². The van der Waals surface area contributed by atoms with Gasteiger partial charge in [-0.3, -0.25) is 4.79 Å². The van der Waals surface area contributed by atoms with Crippen molar-refractivity contribution in [2.45, 2.75) is 57.7 Å². The minimum absolute atomic E-state index is 0.114. The van der Waals surface area contributed by atoms with Gasteiger partial charge in [-0.25, -0.2) is 0 Å². The van der Waals surface area contributed by atoms with Crippen molar-refractivity contribution in [1.29, 1.82) is 0 Å². The second-order valence-electron chi connectivity index (χ2n) is 6.66. The van der Waals surface area contributed by atoms with Gasteiger partial charge in [-0.15, -0.1) is 0 Å². The van der Waals surface area contributed by atoms with Gasteiger partial charge in [0.15, 0.2) is 0 Å². The Morgan fingerprint density at radius 1 is 1.23 bits per heavy atom. The standard InChI is InChI=1S/C17H22F3NO/c1-12-7-9-16(2,10-8-12)21-15(22)11-13-3-5-14(6-4-13)17(18,19)20/h3-6,12H,7-11H2,1-2H3,(H,21,22). The van der Waals surface area contributed by atoms with E-state index in [4.69, 9.17) is 0 Å². The van der Waals surface area contributed by atoms with Crippen LogP contribution in [0.1, 0.15) is 50.7 Å². The Bertz CT molecular complexity index is 514. The number of nitrogens with one attached hydrogen (secondary N) is 1.